The molecular weight excluding hydrogens is 384 g/mol. The smallest absolute Gasteiger partial charge is 0.311 e. The number of amides is 1. The largest absolute Gasteiger partial charge is 0.487 e. The third-order valence-electron chi connectivity index (χ3n) is 5.26. The topological polar surface area (TPSA) is 88.0 Å². The average Bonchev–Trinajstić information content (AvgIpc) is 2.75. The van der Waals surface area contributed by atoms with Crippen LogP contribution in [0.3, 0.4) is 0 Å². The Morgan fingerprint density at radius 2 is 1.87 bits per heavy atom. The lowest BCUT2D eigenvalue weighted by Crippen LogP contribution is -2.47. The van der Waals surface area contributed by atoms with Crippen molar-refractivity contribution in [3.63, 3.8) is 0 Å². The molecule has 0 aliphatic carbocycles. The van der Waals surface area contributed by atoms with Gasteiger partial charge in [0.2, 0.25) is 0 Å². The van der Waals surface area contributed by atoms with Crippen molar-refractivity contribution in [3.8, 4) is 5.75 Å². The molecule has 160 valence electrons. The predicted octanol–water partition coefficient (Wildman–Crippen LogP) is 2.71. The monoisotopic (exact) mass is 412 g/mol. The number of ether oxygens (including phenoxy) is 1. The lowest BCUT2D eigenvalue weighted by Gasteiger charge is -2.35. The van der Waals surface area contributed by atoms with Crippen LogP contribution in [0.4, 0.5) is 5.69 Å². The number of nitro groups is 1. The molecule has 0 bridgehead atoms. The molecule has 1 aliphatic rings. The van der Waals surface area contributed by atoms with Gasteiger partial charge >= 0.3 is 5.69 Å². The van der Waals surface area contributed by atoms with Crippen molar-refractivity contribution < 1.29 is 14.5 Å². The molecule has 0 aromatic heterocycles. The highest BCUT2D eigenvalue weighted by Crippen LogP contribution is 2.28. The van der Waals surface area contributed by atoms with Gasteiger partial charge in [-0.05, 0) is 31.7 Å². The molecule has 1 atom stereocenters. The van der Waals surface area contributed by atoms with Crippen LogP contribution >= 0.6 is 0 Å². The van der Waals surface area contributed by atoms with Crippen LogP contribution in [0, 0.1) is 10.1 Å². The van der Waals surface area contributed by atoms with E-state index in [0.717, 1.165) is 31.7 Å². The first kappa shape index (κ1) is 21.7. The molecule has 0 radical (unpaired) electrons. The molecule has 1 amide bonds. The van der Waals surface area contributed by atoms with E-state index in [9.17, 15) is 14.9 Å². The SMILES string of the molecule is CCOc1ccc(C(=O)NC(CN2CCN(C)CC2)c2ccccc2)cc1[N+](=O)[O-]. The quantitative estimate of drug-likeness (QED) is 0.530. The minimum Gasteiger partial charge on any atom is -0.487 e. The molecule has 1 heterocycles. The zero-order valence-electron chi connectivity index (χ0n) is 17.4. The maximum atomic E-state index is 13.0. The summed E-state index contributed by atoms with van der Waals surface area (Å²) >= 11 is 0. The second-order valence-electron chi connectivity index (χ2n) is 7.41. The van der Waals surface area contributed by atoms with Crippen LogP contribution in [0.2, 0.25) is 0 Å². The molecule has 1 saturated heterocycles. The average molecular weight is 412 g/mol. The van der Waals surface area contributed by atoms with Crippen molar-refractivity contribution in [1.29, 1.82) is 0 Å². The maximum Gasteiger partial charge on any atom is 0.311 e. The Morgan fingerprint density at radius 3 is 2.50 bits per heavy atom. The molecule has 1 aliphatic heterocycles. The summed E-state index contributed by atoms with van der Waals surface area (Å²) in [6.07, 6.45) is 0. The molecule has 1 unspecified atom stereocenters. The summed E-state index contributed by atoms with van der Waals surface area (Å²) in [4.78, 5) is 28.4. The Bertz CT molecular complexity index is 867. The summed E-state index contributed by atoms with van der Waals surface area (Å²) in [6, 6.07) is 13.9. The summed E-state index contributed by atoms with van der Waals surface area (Å²) in [5.41, 5.74) is 1.04. The highest BCUT2D eigenvalue weighted by molar-refractivity contribution is 5.95. The van der Waals surface area contributed by atoms with Gasteiger partial charge < -0.3 is 15.0 Å². The number of hydrogen-bond acceptors (Lipinski definition) is 6. The van der Waals surface area contributed by atoms with Crippen molar-refractivity contribution in [1.82, 2.24) is 15.1 Å². The lowest BCUT2D eigenvalue weighted by molar-refractivity contribution is -0.385. The van der Waals surface area contributed by atoms with Crippen LogP contribution in [-0.2, 0) is 0 Å². The summed E-state index contributed by atoms with van der Waals surface area (Å²) in [5.74, 6) is -0.180. The zero-order valence-corrected chi connectivity index (χ0v) is 17.4. The summed E-state index contributed by atoms with van der Waals surface area (Å²) in [7, 11) is 2.10. The Kier molecular flexibility index (Phi) is 7.37. The second-order valence-corrected chi connectivity index (χ2v) is 7.41. The van der Waals surface area contributed by atoms with Crippen molar-refractivity contribution in [2.24, 2.45) is 0 Å². The fourth-order valence-corrected chi connectivity index (χ4v) is 3.53. The summed E-state index contributed by atoms with van der Waals surface area (Å²) in [6.45, 7) is 6.60. The standard InChI is InChI=1S/C22H28N4O4/c1-3-30-21-10-9-18(15-20(21)26(28)29)22(27)23-19(17-7-5-4-6-8-17)16-25-13-11-24(2)12-14-25/h4-10,15,19H,3,11-14,16H2,1-2H3,(H,23,27). The van der Waals surface area contributed by atoms with E-state index in [4.69, 9.17) is 4.74 Å². The molecule has 1 N–H and O–H groups in total. The molecule has 3 rings (SSSR count). The first-order chi connectivity index (χ1) is 14.5. The van der Waals surface area contributed by atoms with Crippen LogP contribution in [-0.4, -0.2) is 67.0 Å². The summed E-state index contributed by atoms with van der Waals surface area (Å²) < 4.78 is 5.31. The number of rotatable bonds is 8. The minimum absolute atomic E-state index is 0.163. The molecule has 8 nitrogen and oxygen atoms in total. The highest BCUT2D eigenvalue weighted by Gasteiger charge is 2.23. The van der Waals surface area contributed by atoms with E-state index >= 15 is 0 Å². The number of carbonyl (C=O) groups is 1. The Labute approximate surface area is 176 Å². The van der Waals surface area contributed by atoms with Crippen LogP contribution < -0.4 is 10.1 Å². The molecule has 0 saturated carbocycles. The fraction of sp³-hybridized carbons (Fsp3) is 0.409. The number of likely N-dealkylation sites (N-methyl/N-ethyl adjacent to an activating group) is 1. The van der Waals surface area contributed by atoms with Gasteiger partial charge in [0, 0.05) is 44.4 Å². The van der Waals surface area contributed by atoms with E-state index in [0.29, 0.717) is 13.2 Å². The lowest BCUT2D eigenvalue weighted by atomic mass is 10.0. The Morgan fingerprint density at radius 1 is 1.17 bits per heavy atom. The maximum absolute atomic E-state index is 13.0. The fourth-order valence-electron chi connectivity index (χ4n) is 3.53. The molecule has 8 heteroatoms. The number of nitrogens with zero attached hydrogens (tertiary/aromatic N) is 3. The van der Waals surface area contributed by atoms with Crippen molar-refractivity contribution >= 4 is 11.6 Å². The number of nitrogens with one attached hydrogen (secondary N) is 1. The molecule has 0 spiro atoms. The van der Waals surface area contributed by atoms with Gasteiger partial charge in [-0.15, -0.1) is 0 Å². The number of carbonyl (C=O) groups excluding carboxylic acids is 1. The predicted molar refractivity (Wildman–Crippen MR) is 115 cm³/mol. The van der Waals surface area contributed by atoms with Crippen molar-refractivity contribution in [2.75, 3.05) is 46.4 Å². The van der Waals surface area contributed by atoms with Crippen LogP contribution in [0.15, 0.2) is 48.5 Å². The number of hydrogen-bond donors (Lipinski definition) is 1. The van der Waals surface area contributed by atoms with Gasteiger partial charge in [0.25, 0.3) is 5.91 Å². The zero-order chi connectivity index (χ0) is 21.5. The third-order valence-corrected chi connectivity index (χ3v) is 5.26. The Hall–Kier alpha value is -2.97. The van der Waals surface area contributed by atoms with Gasteiger partial charge in [-0.1, -0.05) is 30.3 Å². The van der Waals surface area contributed by atoms with Crippen LogP contribution in [0.25, 0.3) is 0 Å². The van der Waals surface area contributed by atoms with E-state index in [-0.39, 0.29) is 28.9 Å². The second kappa shape index (κ2) is 10.2. The van der Waals surface area contributed by atoms with Crippen molar-refractivity contribution in [3.05, 3.63) is 69.8 Å². The number of piperazine rings is 1. The van der Waals surface area contributed by atoms with E-state index < -0.39 is 4.92 Å². The van der Waals surface area contributed by atoms with E-state index in [1.807, 2.05) is 30.3 Å². The molecular formula is C22H28N4O4. The molecule has 1 fully saturated rings. The highest BCUT2D eigenvalue weighted by atomic mass is 16.6. The van der Waals surface area contributed by atoms with E-state index in [1.54, 1.807) is 13.0 Å². The number of nitro benzene ring substituents is 1. The normalized spacial score (nSPS) is 16.1. The van der Waals surface area contributed by atoms with Gasteiger partial charge in [-0.3, -0.25) is 19.8 Å². The molecule has 2 aromatic rings. The Balaban J connectivity index is 1.79. The third kappa shape index (κ3) is 5.55. The molecule has 30 heavy (non-hydrogen) atoms. The van der Waals surface area contributed by atoms with Gasteiger partial charge in [0.15, 0.2) is 5.75 Å². The van der Waals surface area contributed by atoms with Crippen LogP contribution in [0.1, 0.15) is 28.9 Å². The van der Waals surface area contributed by atoms with Gasteiger partial charge in [0.1, 0.15) is 0 Å². The first-order valence-corrected chi connectivity index (χ1v) is 10.2. The van der Waals surface area contributed by atoms with Gasteiger partial charge in [0.05, 0.1) is 17.6 Å². The van der Waals surface area contributed by atoms with Crippen molar-refractivity contribution in [2.45, 2.75) is 13.0 Å². The van der Waals surface area contributed by atoms with E-state index in [1.165, 1.54) is 12.1 Å². The minimum atomic E-state index is -0.527. The summed E-state index contributed by atoms with van der Waals surface area (Å²) in [5, 5.41) is 14.5. The van der Waals surface area contributed by atoms with Crippen LogP contribution in [0.5, 0.6) is 5.75 Å². The molecule has 2 aromatic carbocycles. The number of benzene rings is 2. The van der Waals surface area contributed by atoms with E-state index in [2.05, 4.69) is 22.2 Å². The van der Waals surface area contributed by atoms with Gasteiger partial charge in [-0.25, -0.2) is 0 Å². The first-order valence-electron chi connectivity index (χ1n) is 10.2. The van der Waals surface area contributed by atoms with Gasteiger partial charge in [-0.2, -0.15) is 0 Å².